The van der Waals surface area contributed by atoms with E-state index in [0.29, 0.717) is 0 Å². The van der Waals surface area contributed by atoms with E-state index in [0.717, 1.165) is 5.69 Å². The Bertz CT molecular complexity index is 450. The largest absolute Gasteiger partial charge is 0.257 e. The zero-order valence-electron chi connectivity index (χ0n) is 8.44. The summed E-state index contributed by atoms with van der Waals surface area (Å²) >= 11 is 0. The summed E-state index contributed by atoms with van der Waals surface area (Å²) < 4.78 is 2.12. The Morgan fingerprint density at radius 3 is 2.71 bits per heavy atom. The van der Waals surface area contributed by atoms with Gasteiger partial charge in [0.15, 0.2) is 11.9 Å². The van der Waals surface area contributed by atoms with E-state index in [9.17, 15) is 0 Å². The first-order valence-electron chi connectivity index (χ1n) is 4.67. The molecule has 2 rings (SSSR count). The average Bonchev–Trinajstić information content (AvgIpc) is 2.18. The van der Waals surface area contributed by atoms with Crippen molar-refractivity contribution in [1.29, 1.82) is 0 Å². The van der Waals surface area contributed by atoms with Crippen molar-refractivity contribution in [1.82, 2.24) is 4.98 Å². The molecule has 0 aliphatic rings. The standard InChI is InChI=1S/C12H13N2/c1-10-7-12(9-13-8-10)14-6-4-3-5-11(14)2/h3-9H,1-2H3/q+1. The minimum absolute atomic E-state index is 1.11. The van der Waals surface area contributed by atoms with Crippen LogP contribution in [0.1, 0.15) is 11.3 Å². The molecule has 2 aromatic heterocycles. The van der Waals surface area contributed by atoms with Crippen LogP contribution in [0.2, 0.25) is 0 Å². The smallest absolute Gasteiger partial charge is 0.229 e. The highest BCUT2D eigenvalue weighted by Crippen LogP contribution is 2.02. The zero-order chi connectivity index (χ0) is 9.97. The van der Waals surface area contributed by atoms with Crippen LogP contribution in [0.15, 0.2) is 42.9 Å². The van der Waals surface area contributed by atoms with Gasteiger partial charge in [0.1, 0.15) is 0 Å². The number of nitrogens with zero attached hydrogens (tertiary/aromatic N) is 2. The van der Waals surface area contributed by atoms with Crippen molar-refractivity contribution >= 4 is 0 Å². The summed E-state index contributed by atoms with van der Waals surface area (Å²) in [4.78, 5) is 4.18. The molecule has 0 spiro atoms. The van der Waals surface area contributed by atoms with Crippen molar-refractivity contribution in [2.75, 3.05) is 0 Å². The third kappa shape index (κ3) is 1.64. The van der Waals surface area contributed by atoms with Crippen LogP contribution < -0.4 is 4.57 Å². The van der Waals surface area contributed by atoms with Gasteiger partial charge in [-0.15, -0.1) is 0 Å². The van der Waals surface area contributed by atoms with Crippen molar-refractivity contribution in [3.63, 3.8) is 0 Å². The molecule has 0 bridgehead atoms. The Morgan fingerprint density at radius 2 is 2.00 bits per heavy atom. The Kier molecular flexibility index (Phi) is 2.27. The van der Waals surface area contributed by atoms with Crippen LogP contribution >= 0.6 is 0 Å². The second-order valence-corrected chi connectivity index (χ2v) is 3.43. The lowest BCUT2D eigenvalue weighted by Crippen LogP contribution is -2.33. The Labute approximate surface area is 83.9 Å². The van der Waals surface area contributed by atoms with Crippen molar-refractivity contribution in [2.45, 2.75) is 13.8 Å². The van der Waals surface area contributed by atoms with E-state index in [4.69, 9.17) is 0 Å². The van der Waals surface area contributed by atoms with Crippen molar-refractivity contribution in [3.05, 3.63) is 54.1 Å². The highest BCUT2D eigenvalue weighted by Gasteiger charge is 2.08. The first-order valence-corrected chi connectivity index (χ1v) is 4.67. The molecule has 0 aliphatic heterocycles. The van der Waals surface area contributed by atoms with Crippen molar-refractivity contribution < 1.29 is 4.57 Å². The maximum atomic E-state index is 4.18. The van der Waals surface area contributed by atoms with E-state index in [2.05, 4.69) is 35.5 Å². The Hall–Kier alpha value is -1.70. The molecule has 0 radical (unpaired) electrons. The van der Waals surface area contributed by atoms with Gasteiger partial charge in [0.25, 0.3) is 0 Å². The number of hydrogen-bond acceptors (Lipinski definition) is 1. The van der Waals surface area contributed by atoms with Crippen LogP contribution in [0, 0.1) is 13.8 Å². The second kappa shape index (κ2) is 3.58. The SMILES string of the molecule is Cc1cncc(-[n+]2ccccc2C)c1. The molecule has 0 amide bonds. The van der Waals surface area contributed by atoms with Gasteiger partial charge < -0.3 is 0 Å². The Balaban J connectivity index is 2.55. The molecule has 0 saturated heterocycles. The summed E-state index contributed by atoms with van der Waals surface area (Å²) in [5, 5.41) is 0. The highest BCUT2D eigenvalue weighted by molar-refractivity contribution is 5.23. The van der Waals surface area contributed by atoms with Crippen molar-refractivity contribution in [2.24, 2.45) is 0 Å². The molecule has 2 aromatic rings. The molecule has 0 N–H and O–H groups in total. The second-order valence-electron chi connectivity index (χ2n) is 3.43. The maximum Gasteiger partial charge on any atom is 0.229 e. The van der Waals surface area contributed by atoms with Crippen LogP contribution in [0.5, 0.6) is 0 Å². The topological polar surface area (TPSA) is 16.8 Å². The van der Waals surface area contributed by atoms with Gasteiger partial charge in [0.2, 0.25) is 5.69 Å². The average molecular weight is 185 g/mol. The fraction of sp³-hybridized carbons (Fsp3) is 0.167. The summed E-state index contributed by atoms with van der Waals surface area (Å²) in [6, 6.07) is 8.27. The normalized spacial score (nSPS) is 10.1. The number of hydrogen-bond donors (Lipinski definition) is 0. The first-order chi connectivity index (χ1) is 6.77. The van der Waals surface area contributed by atoms with Gasteiger partial charge in [-0.3, -0.25) is 4.98 Å². The summed E-state index contributed by atoms with van der Waals surface area (Å²) in [5.74, 6) is 0. The van der Waals surface area contributed by atoms with E-state index in [1.54, 1.807) is 0 Å². The molecule has 0 fully saturated rings. The molecule has 2 heterocycles. The molecule has 2 nitrogen and oxygen atoms in total. The lowest BCUT2D eigenvalue weighted by atomic mass is 10.2. The molecule has 2 heteroatoms. The quantitative estimate of drug-likeness (QED) is 0.621. The minimum Gasteiger partial charge on any atom is -0.257 e. The molecule has 0 unspecified atom stereocenters. The van der Waals surface area contributed by atoms with Crippen LogP contribution in [0.25, 0.3) is 5.69 Å². The predicted molar refractivity (Wildman–Crippen MR) is 55.2 cm³/mol. The van der Waals surface area contributed by atoms with Gasteiger partial charge in [-0.2, -0.15) is 4.57 Å². The molecule has 0 atom stereocenters. The van der Waals surface area contributed by atoms with Gasteiger partial charge in [0.05, 0.1) is 6.20 Å². The lowest BCUT2D eigenvalue weighted by molar-refractivity contribution is -0.602. The molecule has 70 valence electrons. The summed E-state index contributed by atoms with van der Waals surface area (Å²) in [6.07, 6.45) is 5.79. The summed E-state index contributed by atoms with van der Waals surface area (Å²) in [7, 11) is 0. The van der Waals surface area contributed by atoms with E-state index < -0.39 is 0 Å². The number of pyridine rings is 2. The lowest BCUT2D eigenvalue weighted by Gasteiger charge is -1.98. The molecular formula is C12H13N2+. The monoisotopic (exact) mass is 185 g/mol. The number of aromatic nitrogens is 2. The predicted octanol–water partition coefficient (Wildman–Crippen LogP) is 1.98. The number of aryl methyl sites for hydroxylation is 2. The zero-order valence-corrected chi connectivity index (χ0v) is 8.44. The summed E-state index contributed by atoms with van der Waals surface area (Å²) in [5.41, 5.74) is 3.50. The van der Waals surface area contributed by atoms with Crippen LogP contribution in [0.4, 0.5) is 0 Å². The third-order valence-corrected chi connectivity index (χ3v) is 2.20. The third-order valence-electron chi connectivity index (χ3n) is 2.20. The van der Waals surface area contributed by atoms with E-state index in [1.165, 1.54) is 11.3 Å². The minimum atomic E-state index is 1.11. The van der Waals surface area contributed by atoms with Gasteiger partial charge in [-0.1, -0.05) is 6.07 Å². The maximum absolute atomic E-state index is 4.18. The fourth-order valence-electron chi connectivity index (χ4n) is 1.49. The van der Waals surface area contributed by atoms with Gasteiger partial charge in [-0.25, -0.2) is 0 Å². The van der Waals surface area contributed by atoms with Gasteiger partial charge in [-0.05, 0) is 12.5 Å². The Morgan fingerprint density at radius 1 is 1.14 bits per heavy atom. The molecule has 0 aromatic carbocycles. The van der Waals surface area contributed by atoms with Crippen LogP contribution in [-0.4, -0.2) is 4.98 Å². The first kappa shape index (κ1) is 8.88. The molecule has 14 heavy (non-hydrogen) atoms. The van der Waals surface area contributed by atoms with Gasteiger partial charge in [0, 0.05) is 31.3 Å². The van der Waals surface area contributed by atoms with E-state index >= 15 is 0 Å². The van der Waals surface area contributed by atoms with Gasteiger partial charge >= 0.3 is 0 Å². The molecule has 0 saturated carbocycles. The fourth-order valence-corrected chi connectivity index (χ4v) is 1.49. The number of rotatable bonds is 1. The van der Waals surface area contributed by atoms with E-state index in [1.807, 2.05) is 30.7 Å². The van der Waals surface area contributed by atoms with Crippen LogP contribution in [-0.2, 0) is 0 Å². The van der Waals surface area contributed by atoms with Crippen LogP contribution in [0.3, 0.4) is 0 Å². The van der Waals surface area contributed by atoms with E-state index in [-0.39, 0.29) is 0 Å². The molecule has 0 aliphatic carbocycles. The van der Waals surface area contributed by atoms with Crippen molar-refractivity contribution in [3.8, 4) is 5.69 Å². The highest BCUT2D eigenvalue weighted by atomic mass is 15.0. The molecular weight excluding hydrogens is 172 g/mol. The summed E-state index contributed by atoms with van der Waals surface area (Å²) in [6.45, 7) is 4.14.